The van der Waals surface area contributed by atoms with Crippen molar-refractivity contribution in [3.63, 3.8) is 0 Å². The molecule has 4 atom stereocenters. The fourth-order valence-electron chi connectivity index (χ4n) is 2.78. The molecule has 1 heterocycles. The number of aromatic nitrogens is 2. The Labute approximate surface area is 114 Å². The minimum absolute atomic E-state index is 0.236. The first-order valence-corrected chi connectivity index (χ1v) is 6.63. The van der Waals surface area contributed by atoms with Gasteiger partial charge in [0.05, 0.1) is 24.3 Å². The molecule has 0 saturated carbocycles. The maximum Gasteiger partial charge on any atom is 0.332 e. The van der Waals surface area contributed by atoms with E-state index in [0.29, 0.717) is 12.8 Å². The van der Waals surface area contributed by atoms with Crippen LogP contribution in [0.25, 0.3) is 0 Å². The highest BCUT2D eigenvalue weighted by Gasteiger charge is 2.24. The van der Waals surface area contributed by atoms with E-state index in [1.165, 1.54) is 16.8 Å². The highest BCUT2D eigenvalue weighted by atomic mass is 16.3. The van der Waals surface area contributed by atoms with Gasteiger partial charge in [-0.2, -0.15) is 0 Å². The number of allylic oxidation sites excluding steroid dienone is 2. The molecule has 0 bridgehead atoms. The molecule has 0 radical (unpaired) electrons. The Balaban J connectivity index is 2.03. The molecule has 6 heteroatoms. The van der Waals surface area contributed by atoms with Crippen LogP contribution in [-0.2, 0) is 0 Å². The molecule has 2 N–H and O–H groups in total. The van der Waals surface area contributed by atoms with Crippen LogP contribution in [0.2, 0.25) is 0 Å². The van der Waals surface area contributed by atoms with Gasteiger partial charge in [-0.3, -0.25) is 13.9 Å². The van der Waals surface area contributed by atoms with Crippen LogP contribution in [0.15, 0.2) is 46.2 Å². The van der Waals surface area contributed by atoms with E-state index in [9.17, 15) is 19.8 Å². The fourth-order valence-corrected chi connectivity index (χ4v) is 2.78. The van der Waals surface area contributed by atoms with E-state index in [2.05, 4.69) is 0 Å². The van der Waals surface area contributed by atoms with Gasteiger partial charge < -0.3 is 10.2 Å². The summed E-state index contributed by atoms with van der Waals surface area (Å²) in [5.41, 5.74) is -0.789. The Morgan fingerprint density at radius 3 is 2.10 bits per heavy atom. The van der Waals surface area contributed by atoms with E-state index >= 15 is 0 Å². The number of hydrogen-bond donors (Lipinski definition) is 2. The Bertz CT molecular complexity index is 685. The van der Waals surface area contributed by atoms with E-state index in [4.69, 9.17) is 0 Å². The van der Waals surface area contributed by atoms with Crippen molar-refractivity contribution in [2.75, 3.05) is 0 Å². The van der Waals surface area contributed by atoms with Gasteiger partial charge in [0.15, 0.2) is 0 Å². The van der Waals surface area contributed by atoms with Gasteiger partial charge in [0.2, 0.25) is 0 Å². The van der Waals surface area contributed by atoms with E-state index in [0.717, 1.165) is 4.57 Å². The normalized spacial score (nSPS) is 32.1. The molecule has 0 saturated heterocycles. The van der Waals surface area contributed by atoms with Crippen molar-refractivity contribution in [3.8, 4) is 0 Å². The second-order valence-corrected chi connectivity index (χ2v) is 5.22. The Morgan fingerprint density at radius 1 is 0.950 bits per heavy atom. The van der Waals surface area contributed by atoms with Crippen molar-refractivity contribution in [2.24, 2.45) is 0 Å². The molecule has 1 aromatic rings. The van der Waals surface area contributed by atoms with Crippen LogP contribution in [0, 0.1) is 0 Å². The molecule has 0 amide bonds. The summed E-state index contributed by atoms with van der Waals surface area (Å²) >= 11 is 0. The largest absolute Gasteiger partial charge is 0.389 e. The minimum atomic E-state index is -0.617. The molecule has 2 aliphatic carbocycles. The summed E-state index contributed by atoms with van der Waals surface area (Å²) in [6, 6.07) is 0.700. The van der Waals surface area contributed by atoms with Crippen LogP contribution in [-0.4, -0.2) is 31.6 Å². The predicted octanol–water partition coefficient (Wildman–Crippen LogP) is -0.266. The fraction of sp³-hybridized carbons (Fsp3) is 0.429. The zero-order chi connectivity index (χ0) is 14.3. The molecule has 0 fully saturated rings. The summed E-state index contributed by atoms with van der Waals surface area (Å²) in [6.45, 7) is 0. The van der Waals surface area contributed by atoms with E-state index in [1.807, 2.05) is 0 Å². The molecule has 2 aliphatic rings. The molecule has 3 rings (SSSR count). The van der Waals surface area contributed by atoms with Crippen molar-refractivity contribution in [1.82, 2.24) is 9.13 Å². The lowest BCUT2D eigenvalue weighted by Crippen LogP contribution is -2.41. The third-order valence-electron chi connectivity index (χ3n) is 3.81. The predicted molar refractivity (Wildman–Crippen MR) is 72.6 cm³/mol. The molecule has 106 valence electrons. The molecule has 0 aromatic carbocycles. The smallest absolute Gasteiger partial charge is 0.332 e. The number of aliphatic hydroxyl groups excluding tert-OH is 2. The van der Waals surface area contributed by atoms with Crippen LogP contribution in [0.1, 0.15) is 24.9 Å². The lowest BCUT2D eigenvalue weighted by Gasteiger charge is -2.17. The Kier molecular flexibility index (Phi) is 3.19. The van der Waals surface area contributed by atoms with Crippen LogP contribution in [0.3, 0.4) is 0 Å². The first-order chi connectivity index (χ1) is 9.56. The van der Waals surface area contributed by atoms with Crippen molar-refractivity contribution >= 4 is 0 Å². The van der Waals surface area contributed by atoms with E-state index in [-0.39, 0.29) is 11.6 Å². The second-order valence-electron chi connectivity index (χ2n) is 5.22. The maximum atomic E-state index is 12.5. The lowest BCUT2D eigenvalue weighted by atomic mass is 10.2. The first kappa shape index (κ1) is 13.1. The van der Waals surface area contributed by atoms with Crippen molar-refractivity contribution in [3.05, 3.63) is 57.4 Å². The van der Waals surface area contributed by atoms with Crippen LogP contribution in [0.5, 0.6) is 0 Å². The van der Waals surface area contributed by atoms with E-state index in [1.54, 1.807) is 24.3 Å². The molecule has 0 spiro atoms. The molecule has 1 aromatic heterocycles. The van der Waals surface area contributed by atoms with Crippen LogP contribution >= 0.6 is 0 Å². The summed E-state index contributed by atoms with van der Waals surface area (Å²) < 4.78 is 2.61. The van der Waals surface area contributed by atoms with Crippen molar-refractivity contribution in [1.29, 1.82) is 0 Å². The topological polar surface area (TPSA) is 84.5 Å². The van der Waals surface area contributed by atoms with Gasteiger partial charge in [-0.05, 0) is 0 Å². The van der Waals surface area contributed by atoms with Crippen molar-refractivity contribution < 1.29 is 10.2 Å². The zero-order valence-electron chi connectivity index (χ0n) is 10.8. The third kappa shape index (κ3) is 2.17. The minimum Gasteiger partial charge on any atom is -0.389 e. The van der Waals surface area contributed by atoms with Crippen LogP contribution in [0.4, 0.5) is 0 Å². The van der Waals surface area contributed by atoms with E-state index < -0.39 is 23.9 Å². The number of hydrogen-bond acceptors (Lipinski definition) is 4. The highest BCUT2D eigenvalue weighted by molar-refractivity contribution is 5.10. The average Bonchev–Trinajstić information content (AvgIpc) is 2.99. The summed E-state index contributed by atoms with van der Waals surface area (Å²) in [5, 5.41) is 19.0. The number of rotatable bonds is 2. The lowest BCUT2D eigenvalue weighted by molar-refractivity contribution is 0.205. The second kappa shape index (κ2) is 4.88. The maximum absolute atomic E-state index is 12.5. The van der Waals surface area contributed by atoms with Gasteiger partial charge in [0.1, 0.15) is 0 Å². The summed E-state index contributed by atoms with van der Waals surface area (Å²) in [7, 11) is 0. The Hall–Kier alpha value is -1.92. The van der Waals surface area contributed by atoms with Gasteiger partial charge >= 0.3 is 5.69 Å². The standard InChI is InChI=1S/C14H16N2O4/c17-11-3-1-9(7-11)15-6-5-13(19)16(14(15)20)10-2-4-12(18)8-10/h1-6,9-12,17-18H,7-8H2. The van der Waals surface area contributed by atoms with Gasteiger partial charge in [0.25, 0.3) is 5.56 Å². The quantitative estimate of drug-likeness (QED) is 0.729. The Morgan fingerprint density at radius 2 is 1.55 bits per heavy atom. The number of aliphatic hydroxyl groups is 2. The molecule has 0 aliphatic heterocycles. The molecular formula is C14H16N2O4. The monoisotopic (exact) mass is 276 g/mol. The zero-order valence-corrected chi connectivity index (χ0v) is 10.8. The van der Waals surface area contributed by atoms with Crippen LogP contribution < -0.4 is 11.2 Å². The summed E-state index contributed by atoms with van der Waals surface area (Å²) in [5.74, 6) is 0. The van der Waals surface area contributed by atoms with Crippen molar-refractivity contribution in [2.45, 2.75) is 37.1 Å². The van der Waals surface area contributed by atoms with Gasteiger partial charge in [-0.1, -0.05) is 24.3 Å². The number of nitrogens with zero attached hydrogens (tertiary/aromatic N) is 2. The molecule has 4 unspecified atom stereocenters. The molecule has 20 heavy (non-hydrogen) atoms. The van der Waals surface area contributed by atoms with Gasteiger partial charge in [-0.15, -0.1) is 0 Å². The highest BCUT2D eigenvalue weighted by Crippen LogP contribution is 2.23. The van der Waals surface area contributed by atoms with Gasteiger partial charge in [0, 0.05) is 25.1 Å². The first-order valence-electron chi connectivity index (χ1n) is 6.63. The van der Waals surface area contributed by atoms with Gasteiger partial charge in [-0.25, -0.2) is 4.79 Å². The summed E-state index contributed by atoms with van der Waals surface area (Å²) in [4.78, 5) is 24.4. The molecule has 6 nitrogen and oxygen atoms in total. The third-order valence-corrected chi connectivity index (χ3v) is 3.81. The SMILES string of the molecule is O=c1ccn(C2C=CC(O)C2)c(=O)n1C1C=CC(O)C1. The summed E-state index contributed by atoms with van der Waals surface area (Å²) in [6.07, 6.45) is 7.73. The average molecular weight is 276 g/mol. The molecular weight excluding hydrogens is 260 g/mol.